The van der Waals surface area contributed by atoms with E-state index >= 15 is 0 Å². The van der Waals surface area contributed by atoms with E-state index in [1.165, 1.54) is 19.1 Å². The number of esters is 1. The van der Waals surface area contributed by atoms with Gasteiger partial charge in [0.25, 0.3) is 0 Å². The number of aliphatic hydroxyl groups is 1. The van der Waals surface area contributed by atoms with Crippen LogP contribution in [0.2, 0.25) is 0 Å². The lowest BCUT2D eigenvalue weighted by Crippen LogP contribution is -2.34. The van der Waals surface area contributed by atoms with E-state index < -0.39 is 17.4 Å². The van der Waals surface area contributed by atoms with E-state index in [0.29, 0.717) is 5.56 Å². The van der Waals surface area contributed by atoms with Crippen LogP contribution in [-0.2, 0) is 15.1 Å². The van der Waals surface area contributed by atoms with Gasteiger partial charge in [-0.15, -0.1) is 0 Å². The van der Waals surface area contributed by atoms with Gasteiger partial charge in [0.15, 0.2) is 5.60 Å². The molecule has 0 aliphatic rings. The zero-order valence-electron chi connectivity index (χ0n) is 12.0. The Labute approximate surface area is 123 Å². The van der Waals surface area contributed by atoms with Crippen molar-refractivity contribution in [2.24, 2.45) is 0 Å². The van der Waals surface area contributed by atoms with Gasteiger partial charge in [-0.1, -0.05) is 42.5 Å². The van der Waals surface area contributed by atoms with Crippen molar-refractivity contribution in [1.82, 2.24) is 0 Å². The molecule has 110 valence electrons. The van der Waals surface area contributed by atoms with Crippen molar-refractivity contribution in [2.75, 3.05) is 6.61 Å². The summed E-state index contributed by atoms with van der Waals surface area (Å²) < 4.78 is 19.1. The van der Waals surface area contributed by atoms with E-state index in [9.17, 15) is 14.3 Å². The second kappa shape index (κ2) is 6.06. The van der Waals surface area contributed by atoms with Gasteiger partial charge in [-0.25, -0.2) is 9.18 Å². The fourth-order valence-electron chi connectivity index (χ4n) is 2.06. The molecule has 0 fully saturated rings. The van der Waals surface area contributed by atoms with Gasteiger partial charge in [-0.05, 0) is 31.0 Å². The zero-order valence-corrected chi connectivity index (χ0v) is 12.0. The van der Waals surface area contributed by atoms with E-state index in [1.54, 1.807) is 25.1 Å². The standard InChI is InChI=1S/C17H17FO3/c1-3-21-16(19)17(2,20)13-9-10-14(15(18)11-13)12-7-5-4-6-8-12/h4-11,20H,3H2,1-2H3. The Hall–Kier alpha value is -2.20. The van der Waals surface area contributed by atoms with Crippen LogP contribution in [-0.4, -0.2) is 17.7 Å². The second-order valence-corrected chi connectivity index (χ2v) is 4.85. The molecule has 0 radical (unpaired) electrons. The van der Waals surface area contributed by atoms with Crippen molar-refractivity contribution >= 4 is 5.97 Å². The Morgan fingerprint density at radius 3 is 2.48 bits per heavy atom. The summed E-state index contributed by atoms with van der Waals surface area (Å²) >= 11 is 0. The van der Waals surface area contributed by atoms with Crippen LogP contribution in [0.3, 0.4) is 0 Å². The number of hydrogen-bond acceptors (Lipinski definition) is 3. The maximum atomic E-state index is 14.3. The van der Waals surface area contributed by atoms with Crippen LogP contribution in [0.5, 0.6) is 0 Å². The van der Waals surface area contributed by atoms with E-state index in [-0.39, 0.29) is 12.2 Å². The second-order valence-electron chi connectivity index (χ2n) is 4.85. The normalized spacial score (nSPS) is 13.5. The van der Waals surface area contributed by atoms with E-state index in [4.69, 9.17) is 4.74 Å². The molecular weight excluding hydrogens is 271 g/mol. The maximum Gasteiger partial charge on any atom is 0.342 e. The number of rotatable bonds is 4. The molecule has 2 aromatic carbocycles. The molecule has 1 atom stereocenters. The number of hydrogen-bond donors (Lipinski definition) is 1. The molecule has 0 heterocycles. The number of carbonyl (C=O) groups excluding carboxylic acids is 1. The third-order valence-corrected chi connectivity index (χ3v) is 3.29. The van der Waals surface area contributed by atoms with Crippen molar-refractivity contribution in [1.29, 1.82) is 0 Å². The largest absolute Gasteiger partial charge is 0.464 e. The minimum Gasteiger partial charge on any atom is -0.464 e. The van der Waals surface area contributed by atoms with Crippen molar-refractivity contribution in [3.8, 4) is 11.1 Å². The molecule has 0 saturated heterocycles. The summed E-state index contributed by atoms with van der Waals surface area (Å²) in [6.07, 6.45) is 0. The summed E-state index contributed by atoms with van der Waals surface area (Å²) in [5.74, 6) is -1.29. The number of ether oxygens (including phenoxy) is 1. The predicted octanol–water partition coefficient (Wildman–Crippen LogP) is 3.26. The Bertz CT molecular complexity index is 636. The van der Waals surface area contributed by atoms with Crippen molar-refractivity contribution in [3.63, 3.8) is 0 Å². The Kier molecular flexibility index (Phi) is 4.38. The molecular formula is C17H17FO3. The van der Waals surface area contributed by atoms with E-state index in [1.807, 2.05) is 18.2 Å². The molecule has 0 amide bonds. The van der Waals surface area contributed by atoms with Gasteiger partial charge in [-0.2, -0.15) is 0 Å². The van der Waals surface area contributed by atoms with Crippen LogP contribution in [0.25, 0.3) is 11.1 Å². The van der Waals surface area contributed by atoms with Crippen LogP contribution >= 0.6 is 0 Å². The van der Waals surface area contributed by atoms with Gasteiger partial charge < -0.3 is 9.84 Å². The van der Waals surface area contributed by atoms with Gasteiger partial charge in [0.05, 0.1) is 6.61 Å². The lowest BCUT2D eigenvalue weighted by Gasteiger charge is -2.22. The topological polar surface area (TPSA) is 46.5 Å². The quantitative estimate of drug-likeness (QED) is 0.878. The highest BCUT2D eigenvalue weighted by Crippen LogP contribution is 2.28. The summed E-state index contributed by atoms with van der Waals surface area (Å²) in [5.41, 5.74) is -0.555. The molecule has 1 unspecified atom stereocenters. The van der Waals surface area contributed by atoms with Gasteiger partial charge in [0.1, 0.15) is 5.82 Å². The monoisotopic (exact) mass is 288 g/mol. The van der Waals surface area contributed by atoms with Crippen LogP contribution in [0.15, 0.2) is 48.5 Å². The third-order valence-electron chi connectivity index (χ3n) is 3.29. The predicted molar refractivity (Wildman–Crippen MR) is 78.0 cm³/mol. The maximum absolute atomic E-state index is 14.3. The smallest absolute Gasteiger partial charge is 0.342 e. The molecule has 2 rings (SSSR count). The Morgan fingerprint density at radius 2 is 1.90 bits per heavy atom. The Morgan fingerprint density at radius 1 is 1.24 bits per heavy atom. The Balaban J connectivity index is 2.38. The molecule has 2 aromatic rings. The van der Waals surface area contributed by atoms with Gasteiger partial charge in [-0.3, -0.25) is 0 Å². The summed E-state index contributed by atoms with van der Waals surface area (Å²) in [4.78, 5) is 11.7. The summed E-state index contributed by atoms with van der Waals surface area (Å²) in [6, 6.07) is 13.3. The lowest BCUT2D eigenvalue weighted by atomic mass is 9.93. The van der Waals surface area contributed by atoms with Crippen molar-refractivity contribution < 1.29 is 19.0 Å². The first kappa shape index (κ1) is 15.2. The summed E-state index contributed by atoms with van der Waals surface area (Å²) in [7, 11) is 0. The molecule has 0 aromatic heterocycles. The molecule has 0 spiro atoms. The number of halogens is 1. The molecule has 3 nitrogen and oxygen atoms in total. The highest BCUT2D eigenvalue weighted by molar-refractivity contribution is 5.81. The molecule has 0 bridgehead atoms. The zero-order chi connectivity index (χ0) is 15.5. The summed E-state index contributed by atoms with van der Waals surface area (Å²) in [6.45, 7) is 3.09. The molecule has 0 aliphatic carbocycles. The minimum atomic E-state index is -1.87. The minimum absolute atomic E-state index is 0.152. The fraction of sp³-hybridized carbons (Fsp3) is 0.235. The highest BCUT2D eigenvalue weighted by atomic mass is 19.1. The molecule has 1 N–H and O–H groups in total. The van der Waals surface area contributed by atoms with Gasteiger partial charge >= 0.3 is 5.97 Å². The average molecular weight is 288 g/mol. The molecule has 0 aliphatic heterocycles. The van der Waals surface area contributed by atoms with Gasteiger partial charge in [0.2, 0.25) is 0 Å². The van der Waals surface area contributed by atoms with Crippen LogP contribution in [0.4, 0.5) is 4.39 Å². The fourth-order valence-corrected chi connectivity index (χ4v) is 2.06. The van der Waals surface area contributed by atoms with Crippen molar-refractivity contribution in [2.45, 2.75) is 19.4 Å². The van der Waals surface area contributed by atoms with E-state index in [2.05, 4.69) is 0 Å². The highest BCUT2D eigenvalue weighted by Gasteiger charge is 2.34. The molecule has 4 heteroatoms. The SMILES string of the molecule is CCOC(=O)C(C)(O)c1ccc(-c2ccccc2)c(F)c1. The van der Waals surface area contributed by atoms with Gasteiger partial charge in [0, 0.05) is 5.56 Å². The first-order chi connectivity index (χ1) is 9.96. The van der Waals surface area contributed by atoms with Crippen LogP contribution < -0.4 is 0 Å². The first-order valence-electron chi connectivity index (χ1n) is 6.72. The third kappa shape index (κ3) is 3.11. The molecule has 21 heavy (non-hydrogen) atoms. The first-order valence-corrected chi connectivity index (χ1v) is 6.72. The van der Waals surface area contributed by atoms with Crippen LogP contribution in [0.1, 0.15) is 19.4 Å². The van der Waals surface area contributed by atoms with Crippen molar-refractivity contribution in [3.05, 3.63) is 59.9 Å². The number of benzene rings is 2. The van der Waals surface area contributed by atoms with Crippen LogP contribution in [0, 0.1) is 5.82 Å². The molecule has 0 saturated carbocycles. The summed E-state index contributed by atoms with van der Waals surface area (Å²) in [5, 5.41) is 10.2. The van der Waals surface area contributed by atoms with E-state index in [0.717, 1.165) is 5.56 Å². The number of carbonyl (C=O) groups is 1. The average Bonchev–Trinajstić information content (AvgIpc) is 2.48. The lowest BCUT2D eigenvalue weighted by molar-refractivity contribution is -0.164.